The van der Waals surface area contributed by atoms with Crippen molar-refractivity contribution in [2.75, 3.05) is 0 Å². The first kappa shape index (κ1) is 12.1. The molecular formula is C14H20BrN. The normalized spacial score (nSPS) is 24.9. The zero-order valence-corrected chi connectivity index (χ0v) is 11.7. The first-order valence-corrected chi connectivity index (χ1v) is 6.94. The van der Waals surface area contributed by atoms with Crippen LogP contribution in [0.5, 0.6) is 0 Å². The van der Waals surface area contributed by atoms with Crippen LogP contribution in [0.25, 0.3) is 0 Å². The van der Waals surface area contributed by atoms with Crippen LogP contribution in [0.4, 0.5) is 0 Å². The van der Waals surface area contributed by atoms with E-state index in [4.69, 9.17) is 0 Å². The minimum absolute atomic E-state index is 0.726. The maximum absolute atomic E-state index is 3.68. The molecule has 0 heterocycles. The van der Waals surface area contributed by atoms with E-state index in [1.54, 1.807) is 0 Å². The van der Waals surface area contributed by atoms with Crippen LogP contribution in [0, 0.1) is 12.8 Å². The summed E-state index contributed by atoms with van der Waals surface area (Å²) in [6.07, 6.45) is 4.12. The number of halogens is 1. The van der Waals surface area contributed by atoms with Gasteiger partial charge in [0.05, 0.1) is 0 Å². The number of benzene rings is 1. The highest BCUT2D eigenvalue weighted by Gasteiger charge is 2.22. The quantitative estimate of drug-likeness (QED) is 0.882. The van der Waals surface area contributed by atoms with E-state index >= 15 is 0 Å². The molecule has 16 heavy (non-hydrogen) atoms. The van der Waals surface area contributed by atoms with Crippen molar-refractivity contribution in [1.29, 1.82) is 0 Å². The van der Waals surface area contributed by atoms with Gasteiger partial charge in [0.25, 0.3) is 0 Å². The number of hydrogen-bond donors (Lipinski definition) is 1. The van der Waals surface area contributed by atoms with E-state index in [1.165, 1.54) is 34.9 Å². The predicted octanol–water partition coefficient (Wildman–Crippen LogP) is 4.04. The van der Waals surface area contributed by atoms with Crippen molar-refractivity contribution in [3.05, 3.63) is 33.8 Å². The fourth-order valence-electron chi connectivity index (χ4n) is 2.51. The minimum atomic E-state index is 0.726. The van der Waals surface area contributed by atoms with Gasteiger partial charge in [0.15, 0.2) is 0 Å². The first-order chi connectivity index (χ1) is 7.66. The summed E-state index contributed by atoms with van der Waals surface area (Å²) in [7, 11) is 0. The summed E-state index contributed by atoms with van der Waals surface area (Å²) in [5.41, 5.74) is 2.71. The first-order valence-electron chi connectivity index (χ1n) is 6.15. The number of aryl methyl sites for hydroxylation is 1. The lowest BCUT2D eigenvalue weighted by molar-refractivity contribution is 0.426. The van der Waals surface area contributed by atoms with E-state index in [0.717, 1.165) is 18.5 Å². The summed E-state index contributed by atoms with van der Waals surface area (Å²) >= 11 is 3.54. The molecule has 2 rings (SSSR count). The summed E-state index contributed by atoms with van der Waals surface area (Å²) in [5.74, 6) is 0.844. The fraction of sp³-hybridized carbons (Fsp3) is 0.571. The molecule has 0 aliphatic heterocycles. The van der Waals surface area contributed by atoms with Gasteiger partial charge in [0.1, 0.15) is 0 Å². The molecule has 0 aromatic heterocycles. The Morgan fingerprint density at radius 2 is 2.19 bits per heavy atom. The molecule has 0 amide bonds. The molecule has 0 bridgehead atoms. The molecule has 0 radical (unpaired) electrons. The van der Waals surface area contributed by atoms with E-state index in [0.29, 0.717) is 0 Å². The van der Waals surface area contributed by atoms with Crippen LogP contribution < -0.4 is 5.32 Å². The van der Waals surface area contributed by atoms with E-state index in [-0.39, 0.29) is 0 Å². The van der Waals surface area contributed by atoms with Gasteiger partial charge in [-0.2, -0.15) is 0 Å². The largest absolute Gasteiger partial charge is 0.310 e. The third-order valence-corrected chi connectivity index (χ3v) is 4.54. The highest BCUT2D eigenvalue weighted by atomic mass is 79.9. The molecular weight excluding hydrogens is 262 g/mol. The molecule has 88 valence electrons. The van der Waals surface area contributed by atoms with Crippen molar-refractivity contribution < 1.29 is 0 Å². The van der Waals surface area contributed by atoms with Crippen molar-refractivity contribution in [2.24, 2.45) is 5.92 Å². The minimum Gasteiger partial charge on any atom is -0.310 e. The molecule has 0 saturated heterocycles. The van der Waals surface area contributed by atoms with Crippen LogP contribution in [0.15, 0.2) is 22.7 Å². The van der Waals surface area contributed by atoms with Crippen LogP contribution in [-0.2, 0) is 6.54 Å². The molecule has 1 aromatic rings. The van der Waals surface area contributed by atoms with E-state index in [9.17, 15) is 0 Å². The van der Waals surface area contributed by atoms with Crippen LogP contribution >= 0.6 is 15.9 Å². The zero-order chi connectivity index (χ0) is 11.5. The lowest BCUT2D eigenvalue weighted by Gasteiger charge is -2.17. The van der Waals surface area contributed by atoms with Gasteiger partial charge in [-0.05, 0) is 42.9 Å². The molecule has 1 aliphatic carbocycles. The van der Waals surface area contributed by atoms with Crippen LogP contribution in [0.3, 0.4) is 0 Å². The van der Waals surface area contributed by atoms with Gasteiger partial charge >= 0.3 is 0 Å². The average Bonchev–Trinajstić information content (AvgIpc) is 2.66. The fourth-order valence-corrected chi connectivity index (χ4v) is 2.76. The second-order valence-corrected chi connectivity index (χ2v) is 5.83. The molecule has 0 spiro atoms. The van der Waals surface area contributed by atoms with Gasteiger partial charge in [-0.1, -0.05) is 41.4 Å². The molecule has 2 unspecified atom stereocenters. The molecule has 2 heteroatoms. The molecule has 1 fully saturated rings. The van der Waals surface area contributed by atoms with Crippen molar-refractivity contribution >= 4 is 15.9 Å². The number of nitrogens with one attached hydrogen (secondary N) is 1. The van der Waals surface area contributed by atoms with Crippen molar-refractivity contribution in [3.8, 4) is 0 Å². The second kappa shape index (κ2) is 5.33. The van der Waals surface area contributed by atoms with E-state index in [2.05, 4.69) is 53.3 Å². The van der Waals surface area contributed by atoms with E-state index < -0.39 is 0 Å². The van der Waals surface area contributed by atoms with Gasteiger partial charge < -0.3 is 5.32 Å². The molecule has 1 saturated carbocycles. The average molecular weight is 282 g/mol. The van der Waals surface area contributed by atoms with Gasteiger partial charge in [0.2, 0.25) is 0 Å². The Morgan fingerprint density at radius 3 is 2.81 bits per heavy atom. The van der Waals surface area contributed by atoms with E-state index in [1.807, 2.05) is 0 Å². The topological polar surface area (TPSA) is 12.0 Å². The van der Waals surface area contributed by atoms with Gasteiger partial charge in [0, 0.05) is 17.1 Å². The summed E-state index contributed by atoms with van der Waals surface area (Å²) in [4.78, 5) is 0. The second-order valence-electron chi connectivity index (χ2n) is 4.98. The van der Waals surface area contributed by atoms with Crippen LogP contribution in [0.1, 0.15) is 37.3 Å². The standard InChI is InChI=1S/C14H20BrN/c1-10-4-3-5-14(10)16-9-12-6-7-13(15)11(2)8-12/h6-8,10,14,16H,3-5,9H2,1-2H3. The van der Waals surface area contributed by atoms with Gasteiger partial charge in [-0.15, -0.1) is 0 Å². The predicted molar refractivity (Wildman–Crippen MR) is 72.5 cm³/mol. The summed E-state index contributed by atoms with van der Waals surface area (Å²) in [6, 6.07) is 7.33. The Balaban J connectivity index is 1.91. The summed E-state index contributed by atoms with van der Waals surface area (Å²) < 4.78 is 1.20. The third-order valence-electron chi connectivity index (χ3n) is 3.65. The van der Waals surface area contributed by atoms with Gasteiger partial charge in [-0.3, -0.25) is 0 Å². The summed E-state index contributed by atoms with van der Waals surface area (Å²) in [6.45, 7) is 5.51. The third kappa shape index (κ3) is 2.86. The lowest BCUT2D eigenvalue weighted by atomic mass is 10.1. The Kier molecular flexibility index (Phi) is 4.04. The van der Waals surface area contributed by atoms with Crippen molar-refractivity contribution in [1.82, 2.24) is 5.32 Å². The van der Waals surface area contributed by atoms with Gasteiger partial charge in [-0.25, -0.2) is 0 Å². The maximum atomic E-state index is 3.68. The molecule has 1 aliphatic rings. The lowest BCUT2D eigenvalue weighted by Crippen LogP contribution is -2.30. The smallest absolute Gasteiger partial charge is 0.0208 e. The Bertz CT molecular complexity index is 362. The SMILES string of the molecule is Cc1cc(CNC2CCCC2C)ccc1Br. The summed E-state index contributed by atoms with van der Waals surface area (Å²) in [5, 5.41) is 3.68. The van der Waals surface area contributed by atoms with Crippen molar-refractivity contribution in [2.45, 2.75) is 45.7 Å². The van der Waals surface area contributed by atoms with Crippen LogP contribution in [0.2, 0.25) is 0 Å². The zero-order valence-electron chi connectivity index (χ0n) is 10.1. The molecule has 1 N–H and O–H groups in total. The highest BCUT2D eigenvalue weighted by Crippen LogP contribution is 2.25. The Labute approximate surface area is 107 Å². The molecule has 2 atom stereocenters. The monoisotopic (exact) mass is 281 g/mol. The highest BCUT2D eigenvalue weighted by molar-refractivity contribution is 9.10. The Morgan fingerprint density at radius 1 is 1.38 bits per heavy atom. The molecule has 1 nitrogen and oxygen atoms in total. The van der Waals surface area contributed by atoms with Crippen molar-refractivity contribution in [3.63, 3.8) is 0 Å². The molecule has 1 aromatic carbocycles. The van der Waals surface area contributed by atoms with Crippen LogP contribution in [-0.4, -0.2) is 6.04 Å². The number of hydrogen-bond acceptors (Lipinski definition) is 1. The number of rotatable bonds is 3. The Hall–Kier alpha value is -0.340. The maximum Gasteiger partial charge on any atom is 0.0208 e.